The topological polar surface area (TPSA) is 29.1 Å². The normalized spacial score (nSPS) is 14.4. The zero-order chi connectivity index (χ0) is 11.5. The SMILES string of the molecule is CCC(=O)Nc1ccc(Br)c2c1CCCC2. The Balaban J connectivity index is 2.35. The monoisotopic (exact) mass is 281 g/mol. The van der Waals surface area contributed by atoms with E-state index in [1.165, 1.54) is 28.4 Å². The van der Waals surface area contributed by atoms with E-state index in [9.17, 15) is 4.79 Å². The predicted molar refractivity (Wildman–Crippen MR) is 69.7 cm³/mol. The van der Waals surface area contributed by atoms with Crippen LogP contribution >= 0.6 is 15.9 Å². The third-order valence-electron chi connectivity index (χ3n) is 3.07. The van der Waals surface area contributed by atoms with Gasteiger partial charge in [-0.25, -0.2) is 0 Å². The molecule has 1 aromatic carbocycles. The van der Waals surface area contributed by atoms with E-state index >= 15 is 0 Å². The highest BCUT2D eigenvalue weighted by molar-refractivity contribution is 9.10. The Hall–Kier alpha value is -0.830. The van der Waals surface area contributed by atoms with Gasteiger partial charge in [0.2, 0.25) is 5.91 Å². The van der Waals surface area contributed by atoms with Crippen molar-refractivity contribution in [1.29, 1.82) is 0 Å². The number of fused-ring (bicyclic) bond motifs is 1. The Morgan fingerprint density at radius 2 is 2.00 bits per heavy atom. The summed E-state index contributed by atoms with van der Waals surface area (Å²) in [4.78, 5) is 11.4. The van der Waals surface area contributed by atoms with E-state index in [1.807, 2.05) is 19.1 Å². The first-order valence-electron chi connectivity index (χ1n) is 5.82. The summed E-state index contributed by atoms with van der Waals surface area (Å²) in [7, 11) is 0. The average Bonchev–Trinajstić information content (AvgIpc) is 2.33. The molecule has 0 radical (unpaired) electrons. The number of halogens is 1. The van der Waals surface area contributed by atoms with Crippen molar-refractivity contribution in [1.82, 2.24) is 0 Å². The maximum absolute atomic E-state index is 11.4. The molecule has 1 aromatic rings. The first-order chi connectivity index (χ1) is 7.72. The molecule has 3 heteroatoms. The number of rotatable bonds is 2. The molecule has 0 unspecified atom stereocenters. The summed E-state index contributed by atoms with van der Waals surface area (Å²) in [6, 6.07) is 4.04. The molecule has 0 bridgehead atoms. The van der Waals surface area contributed by atoms with Gasteiger partial charge in [0.05, 0.1) is 0 Å². The van der Waals surface area contributed by atoms with Crippen LogP contribution in [0.2, 0.25) is 0 Å². The second-order valence-corrected chi connectivity index (χ2v) is 5.02. The fourth-order valence-corrected chi connectivity index (χ4v) is 2.75. The van der Waals surface area contributed by atoms with Gasteiger partial charge in [-0.05, 0) is 48.9 Å². The molecule has 0 fully saturated rings. The molecule has 16 heavy (non-hydrogen) atoms. The van der Waals surface area contributed by atoms with Crippen LogP contribution in [-0.4, -0.2) is 5.91 Å². The summed E-state index contributed by atoms with van der Waals surface area (Å²) in [5, 5.41) is 2.99. The smallest absolute Gasteiger partial charge is 0.224 e. The van der Waals surface area contributed by atoms with E-state index in [1.54, 1.807) is 0 Å². The molecule has 0 aromatic heterocycles. The van der Waals surface area contributed by atoms with Gasteiger partial charge in [0.1, 0.15) is 0 Å². The van der Waals surface area contributed by atoms with E-state index in [0.29, 0.717) is 6.42 Å². The second kappa shape index (κ2) is 5.00. The van der Waals surface area contributed by atoms with Gasteiger partial charge in [0.15, 0.2) is 0 Å². The Labute approximate surface area is 105 Å². The predicted octanol–water partition coefficient (Wildman–Crippen LogP) is 3.68. The molecule has 2 rings (SSSR count). The van der Waals surface area contributed by atoms with Gasteiger partial charge in [0.25, 0.3) is 0 Å². The average molecular weight is 282 g/mol. The van der Waals surface area contributed by atoms with Crippen LogP contribution in [0.1, 0.15) is 37.3 Å². The molecule has 0 atom stereocenters. The molecule has 0 spiro atoms. The molecular weight excluding hydrogens is 266 g/mol. The molecule has 0 aliphatic heterocycles. The highest BCUT2D eigenvalue weighted by atomic mass is 79.9. The van der Waals surface area contributed by atoms with Crippen LogP contribution in [0.4, 0.5) is 5.69 Å². The third kappa shape index (κ3) is 2.29. The van der Waals surface area contributed by atoms with Crippen molar-refractivity contribution in [3.63, 3.8) is 0 Å². The van der Waals surface area contributed by atoms with Crippen LogP contribution in [0.3, 0.4) is 0 Å². The molecule has 2 nitrogen and oxygen atoms in total. The number of carbonyl (C=O) groups excluding carboxylic acids is 1. The van der Waals surface area contributed by atoms with Gasteiger partial charge in [-0.2, -0.15) is 0 Å². The number of benzene rings is 1. The molecule has 1 aliphatic carbocycles. The van der Waals surface area contributed by atoms with Crippen LogP contribution in [0, 0.1) is 0 Å². The fourth-order valence-electron chi connectivity index (χ4n) is 2.18. The minimum atomic E-state index is 0.0927. The maximum atomic E-state index is 11.4. The van der Waals surface area contributed by atoms with Gasteiger partial charge in [-0.3, -0.25) is 4.79 Å². The Kier molecular flexibility index (Phi) is 3.64. The van der Waals surface area contributed by atoms with Crippen molar-refractivity contribution < 1.29 is 4.79 Å². The van der Waals surface area contributed by atoms with Gasteiger partial charge in [-0.15, -0.1) is 0 Å². The van der Waals surface area contributed by atoms with E-state index in [4.69, 9.17) is 0 Å². The summed E-state index contributed by atoms with van der Waals surface area (Å²) >= 11 is 3.59. The molecule has 1 N–H and O–H groups in total. The summed E-state index contributed by atoms with van der Waals surface area (Å²) in [5.41, 5.74) is 3.70. The van der Waals surface area contributed by atoms with Crippen LogP contribution in [0.25, 0.3) is 0 Å². The zero-order valence-electron chi connectivity index (χ0n) is 9.48. The lowest BCUT2D eigenvalue weighted by atomic mass is 9.90. The molecule has 0 heterocycles. The van der Waals surface area contributed by atoms with Gasteiger partial charge in [-0.1, -0.05) is 22.9 Å². The van der Waals surface area contributed by atoms with E-state index < -0.39 is 0 Å². The summed E-state index contributed by atoms with van der Waals surface area (Å²) in [6.07, 6.45) is 5.19. The Morgan fingerprint density at radius 1 is 1.31 bits per heavy atom. The number of hydrogen-bond acceptors (Lipinski definition) is 1. The molecule has 0 saturated heterocycles. The Bertz CT molecular complexity index is 415. The van der Waals surface area contributed by atoms with Crippen LogP contribution in [0.15, 0.2) is 16.6 Å². The minimum absolute atomic E-state index is 0.0927. The first-order valence-corrected chi connectivity index (χ1v) is 6.61. The van der Waals surface area contributed by atoms with Crippen molar-refractivity contribution in [3.8, 4) is 0 Å². The number of amides is 1. The van der Waals surface area contributed by atoms with Crippen molar-refractivity contribution >= 4 is 27.5 Å². The van der Waals surface area contributed by atoms with E-state index in [2.05, 4.69) is 21.2 Å². The van der Waals surface area contributed by atoms with Gasteiger partial charge < -0.3 is 5.32 Å². The highest BCUT2D eigenvalue weighted by Gasteiger charge is 2.16. The lowest BCUT2D eigenvalue weighted by Gasteiger charge is -2.21. The number of anilines is 1. The third-order valence-corrected chi connectivity index (χ3v) is 3.82. The number of carbonyl (C=O) groups is 1. The van der Waals surface area contributed by atoms with Gasteiger partial charge >= 0.3 is 0 Å². The van der Waals surface area contributed by atoms with Crippen LogP contribution in [-0.2, 0) is 17.6 Å². The minimum Gasteiger partial charge on any atom is -0.326 e. The first kappa shape index (κ1) is 11.6. The molecule has 0 saturated carbocycles. The zero-order valence-corrected chi connectivity index (χ0v) is 11.1. The van der Waals surface area contributed by atoms with Crippen LogP contribution in [0.5, 0.6) is 0 Å². The van der Waals surface area contributed by atoms with Crippen molar-refractivity contribution in [2.45, 2.75) is 39.0 Å². The summed E-state index contributed by atoms with van der Waals surface area (Å²) in [6.45, 7) is 1.88. The molecule has 1 aliphatic rings. The quantitative estimate of drug-likeness (QED) is 0.881. The van der Waals surface area contributed by atoms with Crippen molar-refractivity contribution in [2.75, 3.05) is 5.32 Å². The second-order valence-electron chi connectivity index (χ2n) is 4.16. The lowest BCUT2D eigenvalue weighted by molar-refractivity contribution is -0.115. The number of hydrogen-bond donors (Lipinski definition) is 1. The maximum Gasteiger partial charge on any atom is 0.224 e. The molecule has 86 valence electrons. The standard InChI is InChI=1S/C13H16BrNO/c1-2-13(16)15-12-8-7-11(14)9-5-3-4-6-10(9)12/h7-8H,2-6H2,1H3,(H,15,16). The molecule has 1 amide bonds. The summed E-state index contributed by atoms with van der Waals surface area (Å²) < 4.78 is 1.18. The van der Waals surface area contributed by atoms with Crippen molar-refractivity contribution in [3.05, 3.63) is 27.7 Å². The summed E-state index contributed by atoms with van der Waals surface area (Å²) in [5.74, 6) is 0.0927. The largest absolute Gasteiger partial charge is 0.326 e. The highest BCUT2D eigenvalue weighted by Crippen LogP contribution is 2.33. The Morgan fingerprint density at radius 3 is 2.69 bits per heavy atom. The lowest BCUT2D eigenvalue weighted by Crippen LogP contribution is -2.14. The molecular formula is C13H16BrNO. The number of nitrogens with one attached hydrogen (secondary N) is 1. The van der Waals surface area contributed by atoms with E-state index in [-0.39, 0.29) is 5.91 Å². The van der Waals surface area contributed by atoms with Crippen molar-refractivity contribution in [2.24, 2.45) is 0 Å². The van der Waals surface area contributed by atoms with Crippen LogP contribution < -0.4 is 5.32 Å². The van der Waals surface area contributed by atoms with E-state index in [0.717, 1.165) is 18.5 Å². The van der Waals surface area contributed by atoms with Gasteiger partial charge in [0, 0.05) is 16.6 Å². The fraction of sp³-hybridized carbons (Fsp3) is 0.462.